The molecule has 0 spiro atoms. The van der Waals surface area contributed by atoms with E-state index in [0.717, 1.165) is 11.1 Å². The van der Waals surface area contributed by atoms with Crippen molar-refractivity contribution in [2.24, 2.45) is 29.6 Å². The summed E-state index contributed by atoms with van der Waals surface area (Å²) in [6.07, 6.45) is 5.79. The van der Waals surface area contributed by atoms with Gasteiger partial charge in [-0.15, -0.1) is 0 Å². The zero-order valence-corrected chi connectivity index (χ0v) is 24.9. The van der Waals surface area contributed by atoms with E-state index in [2.05, 4.69) is 0 Å². The first-order valence-corrected chi connectivity index (χ1v) is 15.6. The number of carbonyl (C=O) groups is 6. The van der Waals surface area contributed by atoms with Gasteiger partial charge in [0.15, 0.2) is 0 Å². The summed E-state index contributed by atoms with van der Waals surface area (Å²) in [5.41, 5.74) is 2.30. The molecule has 0 unspecified atom stereocenters. The molecule has 2 saturated heterocycles. The molecule has 44 heavy (non-hydrogen) atoms. The van der Waals surface area contributed by atoms with Crippen LogP contribution in [0.2, 0.25) is 0 Å². The first-order valence-electron chi connectivity index (χ1n) is 15.6. The molecule has 1 aromatic rings. The van der Waals surface area contributed by atoms with E-state index in [0.29, 0.717) is 50.5 Å². The van der Waals surface area contributed by atoms with Gasteiger partial charge in [0.05, 0.1) is 23.7 Å². The van der Waals surface area contributed by atoms with E-state index in [4.69, 9.17) is 10.2 Å². The van der Waals surface area contributed by atoms with Gasteiger partial charge in [-0.1, -0.05) is 36.6 Å². The van der Waals surface area contributed by atoms with Gasteiger partial charge in [-0.2, -0.15) is 0 Å². The maximum absolute atomic E-state index is 13.9. The van der Waals surface area contributed by atoms with Gasteiger partial charge in [-0.25, -0.2) is 0 Å². The Morgan fingerprint density at radius 1 is 0.750 bits per heavy atom. The predicted octanol–water partition coefficient (Wildman–Crippen LogP) is 3.63. The number of carboxylic acids is 2. The molecule has 6 atom stereocenters. The van der Waals surface area contributed by atoms with Crippen molar-refractivity contribution in [1.82, 2.24) is 9.80 Å². The molecule has 5 rings (SSSR count). The molecule has 11 heteroatoms. The molecule has 1 aromatic carbocycles. The molecule has 4 aliphatic rings. The van der Waals surface area contributed by atoms with Crippen molar-refractivity contribution in [3.05, 3.63) is 41.0 Å². The zero-order valence-electron chi connectivity index (χ0n) is 24.9. The molecule has 0 radical (unpaired) electrons. The lowest BCUT2D eigenvalue weighted by atomic mass is 9.57. The van der Waals surface area contributed by atoms with Crippen LogP contribution in [0, 0.1) is 36.5 Å². The van der Waals surface area contributed by atoms with E-state index in [-0.39, 0.29) is 61.7 Å². The number of benzene rings is 1. The van der Waals surface area contributed by atoms with Crippen LogP contribution in [0.5, 0.6) is 5.75 Å². The van der Waals surface area contributed by atoms with Crippen LogP contribution in [0.25, 0.3) is 0 Å². The fourth-order valence-electron chi connectivity index (χ4n) is 7.85. The van der Waals surface area contributed by atoms with Crippen molar-refractivity contribution >= 4 is 35.6 Å². The summed E-state index contributed by atoms with van der Waals surface area (Å²) >= 11 is 0. The molecule has 2 aliphatic heterocycles. The Kier molecular flexibility index (Phi) is 9.22. The summed E-state index contributed by atoms with van der Waals surface area (Å²) in [5, 5.41) is 28.0. The number of hydrogen-bond donors (Lipinski definition) is 3. The topological polar surface area (TPSA) is 170 Å². The zero-order chi connectivity index (χ0) is 31.7. The fourth-order valence-corrected chi connectivity index (χ4v) is 7.85. The number of imide groups is 2. The average Bonchev–Trinajstić information content (AvgIpc) is 3.36. The number of amides is 4. The molecular formula is C33H40N2O9. The molecule has 3 fully saturated rings. The third-order valence-electron chi connectivity index (χ3n) is 9.96. The number of aliphatic carboxylic acids is 2. The second-order valence-corrected chi connectivity index (χ2v) is 12.6. The highest BCUT2D eigenvalue weighted by molar-refractivity contribution is 6.08. The fraction of sp³-hybridized carbons (Fsp3) is 0.576. The predicted molar refractivity (Wildman–Crippen MR) is 156 cm³/mol. The van der Waals surface area contributed by atoms with Gasteiger partial charge in [-0.3, -0.25) is 38.6 Å². The molecule has 1 saturated carbocycles. The Morgan fingerprint density at radius 3 is 1.89 bits per heavy atom. The number of unbranched alkanes of at least 4 members (excludes halogenated alkanes) is 4. The van der Waals surface area contributed by atoms with E-state index in [9.17, 15) is 33.9 Å². The summed E-state index contributed by atoms with van der Waals surface area (Å²) < 4.78 is 0. The van der Waals surface area contributed by atoms with Crippen molar-refractivity contribution in [3.63, 3.8) is 0 Å². The van der Waals surface area contributed by atoms with Crippen molar-refractivity contribution in [2.75, 3.05) is 13.1 Å². The largest absolute Gasteiger partial charge is 0.508 e. The normalized spacial score (nSPS) is 27.7. The highest BCUT2D eigenvalue weighted by Crippen LogP contribution is 2.58. The monoisotopic (exact) mass is 608 g/mol. The van der Waals surface area contributed by atoms with Crippen LogP contribution in [0.3, 0.4) is 0 Å². The second-order valence-electron chi connectivity index (χ2n) is 12.6. The van der Waals surface area contributed by atoms with Gasteiger partial charge in [0, 0.05) is 31.8 Å². The minimum atomic E-state index is -0.887. The number of nitrogens with zero attached hydrogens (tertiary/aromatic N) is 2. The van der Waals surface area contributed by atoms with Crippen LogP contribution in [0.15, 0.2) is 29.8 Å². The third kappa shape index (κ3) is 5.88. The van der Waals surface area contributed by atoms with Gasteiger partial charge < -0.3 is 15.3 Å². The van der Waals surface area contributed by atoms with Gasteiger partial charge in [0.2, 0.25) is 23.6 Å². The first-order chi connectivity index (χ1) is 21.0. The van der Waals surface area contributed by atoms with Crippen LogP contribution >= 0.6 is 0 Å². The summed E-state index contributed by atoms with van der Waals surface area (Å²) in [6, 6.07) is 5.16. The molecule has 4 amide bonds. The number of fused-ring (bicyclic) bond motifs is 4. The van der Waals surface area contributed by atoms with Crippen LogP contribution in [-0.2, 0) is 28.8 Å². The average molecular weight is 609 g/mol. The maximum Gasteiger partial charge on any atom is 0.303 e. The van der Waals surface area contributed by atoms with E-state index in [1.165, 1.54) is 9.80 Å². The third-order valence-corrected chi connectivity index (χ3v) is 9.96. The molecule has 0 aromatic heterocycles. The van der Waals surface area contributed by atoms with E-state index in [1.807, 2.05) is 12.1 Å². The highest BCUT2D eigenvalue weighted by Gasteiger charge is 2.61. The van der Waals surface area contributed by atoms with E-state index in [1.54, 1.807) is 19.1 Å². The van der Waals surface area contributed by atoms with Crippen molar-refractivity contribution in [2.45, 2.75) is 77.0 Å². The summed E-state index contributed by atoms with van der Waals surface area (Å²) in [7, 11) is 0. The number of likely N-dealkylation sites (tertiary alicyclic amines) is 2. The standard InChI is InChI=1S/C33H40N2O9/c1-18-16-19(10-13-24(18)36)27-20-11-12-21-28(32(43)34(30(21)41)14-6-2-4-8-25(37)38)22(20)17-23-29(27)33(44)35(31(23)42)15-7-3-5-9-26(39)40/h10-11,13,16,21-23,27-29,36H,2-9,12,14-15,17H2,1H3,(H,37,38)(H,39,40)/t21-,22+,23+,27-,28-,29+/m0/s1. The first kappa shape index (κ1) is 31.4. The Hall–Kier alpha value is -4.02. The lowest BCUT2D eigenvalue weighted by molar-refractivity contribution is -0.142. The lowest BCUT2D eigenvalue weighted by Crippen LogP contribution is -2.43. The van der Waals surface area contributed by atoms with E-state index < -0.39 is 47.4 Å². The van der Waals surface area contributed by atoms with Crippen LogP contribution < -0.4 is 0 Å². The number of rotatable bonds is 13. The smallest absolute Gasteiger partial charge is 0.303 e. The summed E-state index contributed by atoms with van der Waals surface area (Å²) in [6.45, 7) is 2.20. The second kappa shape index (κ2) is 12.9. The number of aryl methyl sites for hydroxylation is 1. The van der Waals surface area contributed by atoms with Crippen LogP contribution in [-0.4, -0.2) is 73.8 Å². The minimum absolute atomic E-state index is 0.0277. The Bertz CT molecular complexity index is 1400. The molecule has 11 nitrogen and oxygen atoms in total. The van der Waals surface area contributed by atoms with E-state index >= 15 is 0 Å². The molecule has 0 bridgehead atoms. The van der Waals surface area contributed by atoms with Crippen LogP contribution in [0.4, 0.5) is 0 Å². The molecule has 236 valence electrons. The molecule has 2 aliphatic carbocycles. The number of allylic oxidation sites excluding steroid dienone is 2. The summed E-state index contributed by atoms with van der Waals surface area (Å²) in [4.78, 5) is 79.3. The molecule has 2 heterocycles. The number of carboxylic acid groups (broad SMARTS) is 2. The number of phenols is 1. The Morgan fingerprint density at radius 2 is 1.32 bits per heavy atom. The number of hydrogen-bond acceptors (Lipinski definition) is 7. The van der Waals surface area contributed by atoms with Crippen molar-refractivity contribution < 1.29 is 44.1 Å². The molecule has 3 N–H and O–H groups in total. The lowest BCUT2D eigenvalue weighted by Gasteiger charge is -2.44. The quantitative estimate of drug-likeness (QED) is 0.172. The van der Waals surface area contributed by atoms with Gasteiger partial charge >= 0.3 is 11.9 Å². The number of carbonyl (C=O) groups excluding carboxylic acids is 4. The minimum Gasteiger partial charge on any atom is -0.508 e. The van der Waals surface area contributed by atoms with Gasteiger partial charge in [0.1, 0.15) is 5.75 Å². The Balaban J connectivity index is 1.41. The number of phenolic OH excluding ortho intramolecular Hbond substituents is 1. The number of aromatic hydroxyl groups is 1. The maximum atomic E-state index is 13.9. The summed E-state index contributed by atoms with van der Waals surface area (Å²) in [5.74, 6) is -6.07. The molecular weight excluding hydrogens is 568 g/mol. The Labute approximate surface area is 255 Å². The van der Waals surface area contributed by atoms with Gasteiger partial charge in [-0.05, 0) is 68.6 Å². The van der Waals surface area contributed by atoms with Crippen LogP contribution in [0.1, 0.15) is 81.3 Å². The SMILES string of the molecule is Cc1cc([C@H]2C3=CC[C@@H]4C(=O)N(CCCCCC(=O)O)C(=O)[C@@H]4[C@@H]3C[C@H]3C(=O)N(CCCCCC(=O)O)C(=O)[C@@H]23)ccc1O. The highest BCUT2D eigenvalue weighted by atomic mass is 16.4. The van der Waals surface area contributed by atoms with Crippen molar-refractivity contribution in [1.29, 1.82) is 0 Å². The van der Waals surface area contributed by atoms with Crippen molar-refractivity contribution in [3.8, 4) is 5.75 Å². The van der Waals surface area contributed by atoms with Gasteiger partial charge in [0.25, 0.3) is 0 Å².